The van der Waals surface area contributed by atoms with E-state index in [2.05, 4.69) is 36.4 Å². The van der Waals surface area contributed by atoms with Crippen LogP contribution in [0.15, 0.2) is 0 Å². The largest absolute Gasteiger partial charge is 0.393 e. The lowest BCUT2D eigenvalue weighted by molar-refractivity contribution is -0.209. The fraction of sp³-hybridized carbons (Fsp3) is 1.00. The monoisotopic (exact) mass is 412 g/mol. The van der Waals surface area contributed by atoms with E-state index in [1.165, 1.54) is 0 Å². The van der Waals surface area contributed by atoms with Crippen LogP contribution in [0.4, 0.5) is 0 Å². The van der Waals surface area contributed by atoms with Crippen LogP contribution >= 0.6 is 22.6 Å². The van der Waals surface area contributed by atoms with Gasteiger partial charge in [0.1, 0.15) is 11.7 Å². The Bertz CT molecular complexity index is 386. The maximum atomic E-state index is 10.7. The number of fused-ring (bicyclic) bond motifs is 1. The Hall–Kier alpha value is 0.570. The van der Waals surface area contributed by atoms with E-state index in [-0.39, 0.29) is 6.10 Å². The molecule has 2 aliphatic rings. The molecule has 0 bridgehead atoms. The quantitative estimate of drug-likeness (QED) is 0.553. The highest BCUT2D eigenvalue weighted by atomic mass is 127. The normalized spacial score (nSPS) is 47.7. The standard InChI is InChI=1S/C16H29IO4/c1-10-8-12(19)13-16(6-7-17,21-14(3,4)20-13)15(5,9-10)11(2)18/h10-13,18-19H,6-9H2,1-5H3/t10?,11?,12?,13-,15?,16+/m1/s1. The second-order valence-electron chi connectivity index (χ2n) is 7.57. The molecule has 0 aromatic heterocycles. The van der Waals surface area contributed by atoms with Crippen LogP contribution in [0.5, 0.6) is 0 Å². The van der Waals surface area contributed by atoms with Gasteiger partial charge >= 0.3 is 0 Å². The van der Waals surface area contributed by atoms with Crippen molar-refractivity contribution in [3.8, 4) is 0 Å². The lowest BCUT2D eigenvalue weighted by Gasteiger charge is -2.49. The average Bonchev–Trinajstić information content (AvgIpc) is 2.58. The van der Waals surface area contributed by atoms with Gasteiger partial charge in [-0.2, -0.15) is 0 Å². The van der Waals surface area contributed by atoms with E-state index in [1.807, 2.05) is 20.8 Å². The molecular formula is C16H29IO4. The second kappa shape index (κ2) is 5.89. The van der Waals surface area contributed by atoms with Crippen molar-refractivity contribution in [2.24, 2.45) is 11.3 Å². The number of hydrogen-bond acceptors (Lipinski definition) is 4. The van der Waals surface area contributed by atoms with Gasteiger partial charge in [0.2, 0.25) is 0 Å². The van der Waals surface area contributed by atoms with E-state index in [0.29, 0.717) is 12.3 Å². The van der Waals surface area contributed by atoms with Gasteiger partial charge in [-0.05, 0) is 46.0 Å². The Balaban J connectivity index is 2.56. The van der Waals surface area contributed by atoms with Gasteiger partial charge in [-0.15, -0.1) is 0 Å². The highest BCUT2D eigenvalue weighted by Gasteiger charge is 2.66. The van der Waals surface area contributed by atoms with Crippen molar-refractivity contribution >= 4 is 22.6 Å². The first kappa shape index (κ1) is 17.9. The molecule has 6 atom stereocenters. The fourth-order valence-electron chi connectivity index (χ4n) is 4.41. The number of halogens is 1. The smallest absolute Gasteiger partial charge is 0.164 e. The van der Waals surface area contributed by atoms with Crippen molar-refractivity contribution in [1.29, 1.82) is 0 Å². The maximum Gasteiger partial charge on any atom is 0.164 e. The first-order chi connectivity index (χ1) is 9.58. The first-order valence-electron chi connectivity index (χ1n) is 7.88. The Morgan fingerprint density at radius 3 is 2.48 bits per heavy atom. The Morgan fingerprint density at radius 1 is 1.33 bits per heavy atom. The minimum atomic E-state index is -0.728. The van der Waals surface area contributed by atoms with Crippen molar-refractivity contribution in [3.63, 3.8) is 0 Å². The lowest BCUT2D eigenvalue weighted by Crippen LogP contribution is -2.60. The fourth-order valence-corrected chi connectivity index (χ4v) is 5.21. The molecular weight excluding hydrogens is 383 g/mol. The molecule has 21 heavy (non-hydrogen) atoms. The number of aliphatic hydroxyl groups excluding tert-OH is 2. The van der Waals surface area contributed by atoms with Crippen molar-refractivity contribution in [1.82, 2.24) is 0 Å². The molecule has 0 amide bonds. The van der Waals surface area contributed by atoms with Gasteiger partial charge in [-0.25, -0.2) is 0 Å². The molecule has 1 heterocycles. The van der Waals surface area contributed by atoms with Crippen molar-refractivity contribution < 1.29 is 19.7 Å². The highest BCUT2D eigenvalue weighted by molar-refractivity contribution is 14.1. The SMILES string of the molecule is CC1CC(O)[C@H]2OC(C)(C)O[C@]2(CCI)C(C)(C(C)O)C1. The molecule has 1 aliphatic heterocycles. The first-order valence-corrected chi connectivity index (χ1v) is 9.40. The summed E-state index contributed by atoms with van der Waals surface area (Å²) in [6.45, 7) is 9.86. The van der Waals surface area contributed by atoms with Gasteiger partial charge < -0.3 is 19.7 Å². The Labute approximate surface area is 141 Å². The third-order valence-corrected chi connectivity index (χ3v) is 5.96. The average molecular weight is 412 g/mol. The van der Waals surface area contributed by atoms with Crippen LogP contribution in [0.25, 0.3) is 0 Å². The Morgan fingerprint density at radius 2 is 1.95 bits per heavy atom. The predicted molar refractivity (Wildman–Crippen MR) is 90.5 cm³/mol. The molecule has 2 rings (SSSR count). The summed E-state index contributed by atoms with van der Waals surface area (Å²) < 4.78 is 13.4. The summed E-state index contributed by atoms with van der Waals surface area (Å²) in [6, 6.07) is 0. The van der Waals surface area contributed by atoms with Gasteiger partial charge in [-0.3, -0.25) is 0 Å². The molecule has 1 saturated heterocycles. The van der Waals surface area contributed by atoms with Gasteiger partial charge in [0, 0.05) is 9.84 Å². The van der Waals surface area contributed by atoms with Gasteiger partial charge in [0.25, 0.3) is 0 Å². The zero-order chi connectivity index (χ0) is 16.1. The molecule has 4 nitrogen and oxygen atoms in total. The molecule has 5 heteroatoms. The Kier molecular flexibility index (Phi) is 5.03. The topological polar surface area (TPSA) is 58.9 Å². The summed E-state index contributed by atoms with van der Waals surface area (Å²) in [4.78, 5) is 0. The van der Waals surface area contributed by atoms with E-state index in [4.69, 9.17) is 9.47 Å². The molecule has 0 aromatic rings. The zero-order valence-corrected chi connectivity index (χ0v) is 15.9. The van der Waals surface area contributed by atoms with Crippen molar-refractivity contribution in [2.45, 2.75) is 83.6 Å². The third kappa shape index (κ3) is 2.89. The molecule has 1 aliphatic carbocycles. The van der Waals surface area contributed by atoms with Crippen LogP contribution < -0.4 is 0 Å². The summed E-state index contributed by atoms with van der Waals surface area (Å²) in [7, 11) is 0. The highest BCUT2D eigenvalue weighted by Crippen LogP contribution is 2.57. The molecule has 0 radical (unpaired) electrons. The van der Waals surface area contributed by atoms with Crippen LogP contribution in [0, 0.1) is 11.3 Å². The number of aliphatic hydroxyl groups is 2. The maximum absolute atomic E-state index is 10.7. The molecule has 1 saturated carbocycles. The van der Waals surface area contributed by atoms with Crippen LogP contribution in [0.2, 0.25) is 0 Å². The molecule has 4 unspecified atom stereocenters. The van der Waals surface area contributed by atoms with Crippen molar-refractivity contribution in [2.75, 3.05) is 4.43 Å². The summed E-state index contributed by atoms with van der Waals surface area (Å²) >= 11 is 2.34. The minimum Gasteiger partial charge on any atom is -0.393 e. The molecule has 2 fully saturated rings. The van der Waals surface area contributed by atoms with Crippen LogP contribution in [0.1, 0.15) is 53.9 Å². The summed E-state index contributed by atoms with van der Waals surface area (Å²) in [5, 5.41) is 21.2. The zero-order valence-electron chi connectivity index (χ0n) is 13.7. The van der Waals surface area contributed by atoms with Gasteiger partial charge in [0.05, 0.1) is 12.2 Å². The van der Waals surface area contributed by atoms with E-state index in [1.54, 1.807) is 0 Å². The molecule has 0 spiro atoms. The van der Waals surface area contributed by atoms with Crippen LogP contribution in [-0.4, -0.2) is 44.3 Å². The van der Waals surface area contributed by atoms with Crippen molar-refractivity contribution in [3.05, 3.63) is 0 Å². The molecule has 124 valence electrons. The molecule has 0 aromatic carbocycles. The van der Waals surface area contributed by atoms with Crippen LogP contribution in [-0.2, 0) is 9.47 Å². The van der Waals surface area contributed by atoms with E-state index < -0.39 is 29.0 Å². The van der Waals surface area contributed by atoms with Gasteiger partial charge in [-0.1, -0.05) is 36.4 Å². The second-order valence-corrected chi connectivity index (χ2v) is 8.65. The third-order valence-electron chi connectivity index (χ3n) is 5.42. The number of alkyl halides is 1. The van der Waals surface area contributed by atoms with Gasteiger partial charge in [0.15, 0.2) is 5.79 Å². The number of hydrogen-bond donors (Lipinski definition) is 2. The lowest BCUT2D eigenvalue weighted by atomic mass is 9.63. The number of ether oxygens (including phenoxy) is 2. The van der Waals surface area contributed by atoms with Crippen LogP contribution in [0.3, 0.4) is 0 Å². The minimum absolute atomic E-state index is 0.326. The summed E-state index contributed by atoms with van der Waals surface area (Å²) in [5.41, 5.74) is -1.08. The summed E-state index contributed by atoms with van der Waals surface area (Å²) in [6.07, 6.45) is 0.835. The van der Waals surface area contributed by atoms with E-state index in [0.717, 1.165) is 17.3 Å². The van der Waals surface area contributed by atoms with E-state index >= 15 is 0 Å². The van der Waals surface area contributed by atoms with E-state index in [9.17, 15) is 10.2 Å². The molecule has 2 N–H and O–H groups in total. The number of rotatable bonds is 3. The summed E-state index contributed by atoms with van der Waals surface area (Å²) in [5.74, 6) is -0.402. The predicted octanol–water partition coefficient (Wildman–Crippen LogP) is 2.88.